The predicted molar refractivity (Wildman–Crippen MR) is 207 cm³/mol. The standard InChI is InChI=1S/C46H27N3O2/c1-6-20-37-28(13-1)29-14-2-7-21-38(29)49(37)39-22-8-3-15-32(39)46-47-35(30-18-11-25-42-44(30)33-16-4-9-23-40(33)50-42)27-36(48-46)31-19-12-26-43-45(31)34-17-5-10-24-41(34)51-43/h1-27H. The van der Waals surface area contributed by atoms with Gasteiger partial charge in [0.1, 0.15) is 22.3 Å². The molecule has 0 spiro atoms. The van der Waals surface area contributed by atoms with Gasteiger partial charge in [-0.25, -0.2) is 9.97 Å². The molecule has 0 bridgehead atoms. The van der Waals surface area contributed by atoms with Crippen LogP contribution in [0.4, 0.5) is 0 Å². The lowest BCUT2D eigenvalue weighted by Crippen LogP contribution is -2.01. The summed E-state index contributed by atoms with van der Waals surface area (Å²) in [6.45, 7) is 0. The average molecular weight is 654 g/mol. The van der Waals surface area contributed by atoms with Gasteiger partial charge in [-0.3, -0.25) is 0 Å². The van der Waals surface area contributed by atoms with Gasteiger partial charge in [0.2, 0.25) is 0 Å². The van der Waals surface area contributed by atoms with E-state index in [2.05, 4.69) is 120 Å². The highest BCUT2D eigenvalue weighted by molar-refractivity contribution is 6.14. The molecule has 0 atom stereocenters. The van der Waals surface area contributed by atoms with Crippen LogP contribution in [0.3, 0.4) is 0 Å². The number of fused-ring (bicyclic) bond motifs is 9. The van der Waals surface area contributed by atoms with Crippen LogP contribution in [0.5, 0.6) is 0 Å². The Kier molecular flexibility index (Phi) is 5.89. The molecule has 0 unspecified atom stereocenters. The predicted octanol–water partition coefficient (Wildman–Crippen LogP) is 12.4. The summed E-state index contributed by atoms with van der Waals surface area (Å²) in [5.74, 6) is 0.634. The lowest BCUT2D eigenvalue weighted by Gasteiger charge is -2.15. The Bertz CT molecular complexity index is 2980. The first-order valence-corrected chi connectivity index (χ1v) is 17.1. The van der Waals surface area contributed by atoms with E-state index in [9.17, 15) is 0 Å². The molecule has 0 amide bonds. The number of nitrogens with zero attached hydrogens (tertiary/aromatic N) is 3. The van der Waals surface area contributed by atoms with Gasteiger partial charge in [-0.2, -0.15) is 0 Å². The first-order chi connectivity index (χ1) is 25.3. The van der Waals surface area contributed by atoms with Crippen LogP contribution in [0.25, 0.3) is 105 Å². The second-order valence-corrected chi connectivity index (χ2v) is 12.9. The van der Waals surface area contributed by atoms with E-state index >= 15 is 0 Å². The fraction of sp³-hybridized carbons (Fsp3) is 0. The van der Waals surface area contributed by atoms with Gasteiger partial charge in [-0.1, -0.05) is 109 Å². The summed E-state index contributed by atoms with van der Waals surface area (Å²) in [6, 6.07) is 56.5. The Morgan fingerprint density at radius 1 is 0.373 bits per heavy atom. The molecular weight excluding hydrogens is 627 g/mol. The summed E-state index contributed by atoms with van der Waals surface area (Å²) < 4.78 is 15.0. The van der Waals surface area contributed by atoms with E-state index in [1.165, 1.54) is 10.8 Å². The van der Waals surface area contributed by atoms with Crippen LogP contribution in [0.2, 0.25) is 0 Å². The van der Waals surface area contributed by atoms with E-state index in [1.54, 1.807) is 0 Å². The maximum atomic E-state index is 6.33. The topological polar surface area (TPSA) is 57.0 Å². The van der Waals surface area contributed by atoms with Crippen LogP contribution in [0.1, 0.15) is 0 Å². The molecular formula is C46H27N3O2. The third-order valence-corrected chi connectivity index (χ3v) is 10.0. The summed E-state index contributed by atoms with van der Waals surface area (Å²) in [6.07, 6.45) is 0. The second kappa shape index (κ2) is 10.8. The van der Waals surface area contributed by atoms with Crippen molar-refractivity contribution in [2.75, 3.05) is 0 Å². The molecule has 0 aliphatic heterocycles. The molecule has 0 fully saturated rings. The molecule has 0 N–H and O–H groups in total. The van der Waals surface area contributed by atoms with Crippen LogP contribution in [0, 0.1) is 0 Å². The van der Waals surface area contributed by atoms with Crippen molar-refractivity contribution in [1.29, 1.82) is 0 Å². The molecule has 51 heavy (non-hydrogen) atoms. The van der Waals surface area contributed by atoms with Crippen molar-refractivity contribution in [2.45, 2.75) is 0 Å². The summed E-state index contributed by atoms with van der Waals surface area (Å²) >= 11 is 0. The van der Waals surface area contributed by atoms with Crippen molar-refractivity contribution in [2.24, 2.45) is 0 Å². The van der Waals surface area contributed by atoms with E-state index in [-0.39, 0.29) is 0 Å². The molecule has 238 valence electrons. The molecule has 0 aliphatic rings. The Morgan fingerprint density at radius 2 is 0.804 bits per heavy atom. The van der Waals surface area contributed by atoms with E-state index < -0.39 is 0 Å². The van der Waals surface area contributed by atoms with Crippen molar-refractivity contribution >= 4 is 65.7 Å². The summed E-state index contributed by atoms with van der Waals surface area (Å²) in [7, 11) is 0. The number of furan rings is 2. The fourth-order valence-corrected chi connectivity index (χ4v) is 7.86. The highest BCUT2D eigenvalue weighted by Crippen LogP contribution is 2.42. The zero-order valence-electron chi connectivity index (χ0n) is 27.2. The Labute approximate surface area is 291 Å². The monoisotopic (exact) mass is 653 g/mol. The molecule has 4 aromatic heterocycles. The SMILES string of the molecule is c1ccc(-n2c3ccccc3c3ccccc32)c(-c2nc(-c3cccc4oc5ccccc5c34)cc(-c3cccc4oc5ccccc5c34)n2)c1. The molecule has 0 radical (unpaired) electrons. The molecule has 7 aromatic carbocycles. The lowest BCUT2D eigenvalue weighted by atomic mass is 9.99. The Balaban J connectivity index is 1.24. The molecule has 0 aliphatic carbocycles. The number of hydrogen-bond donors (Lipinski definition) is 0. The van der Waals surface area contributed by atoms with Crippen LogP contribution >= 0.6 is 0 Å². The minimum atomic E-state index is 0.634. The van der Waals surface area contributed by atoms with Crippen molar-refractivity contribution in [3.63, 3.8) is 0 Å². The second-order valence-electron chi connectivity index (χ2n) is 12.9. The minimum Gasteiger partial charge on any atom is -0.456 e. The fourth-order valence-electron chi connectivity index (χ4n) is 7.86. The van der Waals surface area contributed by atoms with Crippen molar-refractivity contribution in [3.05, 3.63) is 164 Å². The van der Waals surface area contributed by atoms with Crippen molar-refractivity contribution in [3.8, 4) is 39.6 Å². The summed E-state index contributed by atoms with van der Waals surface area (Å²) in [5.41, 5.74) is 11.1. The van der Waals surface area contributed by atoms with E-state index in [1.807, 2.05) is 48.5 Å². The first-order valence-electron chi connectivity index (χ1n) is 17.1. The van der Waals surface area contributed by atoms with Gasteiger partial charge in [0.05, 0.1) is 28.1 Å². The zero-order chi connectivity index (χ0) is 33.5. The van der Waals surface area contributed by atoms with Gasteiger partial charge >= 0.3 is 0 Å². The summed E-state index contributed by atoms with van der Waals surface area (Å²) in [5, 5.41) is 6.58. The quantitative estimate of drug-likeness (QED) is 0.190. The lowest BCUT2D eigenvalue weighted by molar-refractivity contribution is 0.668. The molecule has 11 rings (SSSR count). The highest BCUT2D eigenvalue weighted by Gasteiger charge is 2.21. The minimum absolute atomic E-state index is 0.634. The third kappa shape index (κ3) is 4.15. The van der Waals surface area contributed by atoms with Crippen LogP contribution < -0.4 is 0 Å². The molecule has 0 saturated carbocycles. The Hall–Kier alpha value is -6.98. The van der Waals surface area contributed by atoms with Gasteiger partial charge in [-0.05, 0) is 54.6 Å². The van der Waals surface area contributed by atoms with E-state index in [0.717, 1.165) is 88.7 Å². The molecule has 5 heteroatoms. The van der Waals surface area contributed by atoms with Gasteiger partial charge in [0, 0.05) is 49.0 Å². The Morgan fingerprint density at radius 3 is 1.37 bits per heavy atom. The van der Waals surface area contributed by atoms with Crippen LogP contribution in [-0.4, -0.2) is 14.5 Å². The summed E-state index contributed by atoms with van der Waals surface area (Å²) in [4.78, 5) is 10.8. The maximum Gasteiger partial charge on any atom is 0.162 e. The van der Waals surface area contributed by atoms with Crippen LogP contribution in [0.15, 0.2) is 173 Å². The zero-order valence-corrected chi connectivity index (χ0v) is 27.2. The number of para-hydroxylation sites is 5. The van der Waals surface area contributed by atoms with E-state index in [4.69, 9.17) is 18.8 Å². The third-order valence-electron chi connectivity index (χ3n) is 10.0. The molecule has 4 heterocycles. The molecule has 0 saturated heterocycles. The normalized spacial score (nSPS) is 11.9. The highest BCUT2D eigenvalue weighted by atomic mass is 16.3. The van der Waals surface area contributed by atoms with Gasteiger partial charge in [0.15, 0.2) is 5.82 Å². The van der Waals surface area contributed by atoms with Gasteiger partial charge in [0.25, 0.3) is 0 Å². The molecule has 5 nitrogen and oxygen atoms in total. The van der Waals surface area contributed by atoms with Gasteiger partial charge < -0.3 is 13.4 Å². The van der Waals surface area contributed by atoms with Crippen LogP contribution in [-0.2, 0) is 0 Å². The number of hydrogen-bond acceptors (Lipinski definition) is 4. The largest absolute Gasteiger partial charge is 0.456 e. The van der Waals surface area contributed by atoms with Crippen molar-refractivity contribution in [1.82, 2.24) is 14.5 Å². The first kappa shape index (κ1) is 27.9. The molecule has 11 aromatic rings. The van der Waals surface area contributed by atoms with Gasteiger partial charge in [-0.15, -0.1) is 0 Å². The van der Waals surface area contributed by atoms with Crippen molar-refractivity contribution < 1.29 is 8.83 Å². The maximum absolute atomic E-state index is 6.33. The number of rotatable bonds is 4. The smallest absolute Gasteiger partial charge is 0.162 e. The van der Waals surface area contributed by atoms with E-state index in [0.29, 0.717) is 5.82 Å². The average Bonchev–Trinajstić information content (AvgIpc) is 3.87. The number of benzene rings is 7. The number of aromatic nitrogens is 3.